The Hall–Kier alpha value is -3.27. The van der Waals surface area contributed by atoms with Crippen molar-refractivity contribution in [1.29, 1.82) is 0 Å². The molecule has 2 amide bonds. The molecule has 2 aliphatic carbocycles. The van der Waals surface area contributed by atoms with Gasteiger partial charge in [-0.1, -0.05) is 29.4 Å². The van der Waals surface area contributed by atoms with Crippen LogP contribution in [0.1, 0.15) is 42.1 Å². The van der Waals surface area contributed by atoms with Crippen LogP contribution in [-0.4, -0.2) is 50.8 Å². The van der Waals surface area contributed by atoms with E-state index in [4.69, 9.17) is 14.4 Å². The third-order valence-electron chi connectivity index (χ3n) is 5.93. The second-order valence-corrected chi connectivity index (χ2v) is 8.12. The zero-order chi connectivity index (χ0) is 23.1. The lowest BCUT2D eigenvalue weighted by molar-refractivity contribution is -0.129. The summed E-state index contributed by atoms with van der Waals surface area (Å²) in [4.78, 5) is 37.5. The normalized spacial score (nSPS) is 22.2. The van der Waals surface area contributed by atoms with Gasteiger partial charge in [0.1, 0.15) is 0 Å². The fourth-order valence-corrected chi connectivity index (χ4v) is 4.32. The third-order valence-corrected chi connectivity index (χ3v) is 5.93. The van der Waals surface area contributed by atoms with E-state index in [1.54, 1.807) is 6.92 Å². The molecule has 1 aromatic heterocycles. The first-order valence-corrected chi connectivity index (χ1v) is 10.6. The maximum absolute atomic E-state index is 12.7. The lowest BCUT2D eigenvalue weighted by atomic mass is 9.83. The number of hydrogen-bond acceptors (Lipinski definition) is 7. The average Bonchev–Trinajstić information content (AvgIpc) is 3.40. The number of amides is 2. The molecule has 1 heterocycles. The summed E-state index contributed by atoms with van der Waals surface area (Å²) in [5.74, 6) is 0.352. The van der Waals surface area contributed by atoms with Crippen molar-refractivity contribution >= 4 is 18.3 Å². The number of fused-ring (bicyclic) bond motifs is 1. The first-order chi connectivity index (χ1) is 15.4. The van der Waals surface area contributed by atoms with E-state index in [-0.39, 0.29) is 42.7 Å². The molecule has 32 heavy (non-hydrogen) atoms. The van der Waals surface area contributed by atoms with Gasteiger partial charge in [-0.15, -0.1) is 0 Å². The topological polar surface area (TPSA) is 155 Å². The Bertz CT molecular complexity index is 921. The number of nitrogens with zero attached hydrogens (tertiary/aromatic N) is 2. The number of hydrogen-bond donors (Lipinski definition) is 4. The molecule has 0 radical (unpaired) electrons. The van der Waals surface area contributed by atoms with E-state index in [0.717, 1.165) is 12.8 Å². The number of rotatable bonds is 5. The van der Waals surface area contributed by atoms with E-state index in [9.17, 15) is 14.7 Å². The van der Waals surface area contributed by atoms with Crippen molar-refractivity contribution in [2.24, 2.45) is 11.8 Å². The molecule has 0 saturated heterocycles. The smallest absolute Gasteiger partial charge is 0.290 e. The summed E-state index contributed by atoms with van der Waals surface area (Å²) in [5, 5.41) is 26.9. The van der Waals surface area contributed by atoms with Crippen LogP contribution in [-0.2, 0) is 33.8 Å². The number of aryl methyl sites for hydroxylation is 1. The molecule has 10 nitrogen and oxygen atoms in total. The molecule has 0 spiro atoms. The Morgan fingerprint density at radius 2 is 1.81 bits per heavy atom. The second kappa shape index (κ2) is 10.9. The van der Waals surface area contributed by atoms with Crippen molar-refractivity contribution in [2.75, 3.05) is 0 Å². The highest BCUT2D eigenvalue weighted by molar-refractivity contribution is 5.81. The monoisotopic (exact) mass is 444 g/mol. The van der Waals surface area contributed by atoms with Crippen LogP contribution >= 0.6 is 0 Å². The van der Waals surface area contributed by atoms with Gasteiger partial charge in [-0.3, -0.25) is 14.4 Å². The molecule has 3 atom stereocenters. The lowest BCUT2D eigenvalue weighted by Crippen LogP contribution is -2.50. The largest absolute Gasteiger partial charge is 0.483 e. The van der Waals surface area contributed by atoms with Crippen molar-refractivity contribution in [3.05, 3.63) is 47.1 Å². The molecule has 2 aromatic rings. The number of carbonyl (C=O) groups excluding carboxylic acids is 2. The fourth-order valence-electron chi connectivity index (χ4n) is 4.32. The van der Waals surface area contributed by atoms with E-state index < -0.39 is 6.10 Å². The summed E-state index contributed by atoms with van der Waals surface area (Å²) < 4.78 is 4.88. The van der Waals surface area contributed by atoms with Gasteiger partial charge in [0.2, 0.25) is 17.7 Å². The number of carboxylic acid groups (broad SMARTS) is 1. The molecule has 4 N–H and O–H groups in total. The van der Waals surface area contributed by atoms with Gasteiger partial charge in [0.05, 0.1) is 18.7 Å². The lowest BCUT2D eigenvalue weighted by Gasteiger charge is -2.33. The Labute approximate surface area is 185 Å². The summed E-state index contributed by atoms with van der Waals surface area (Å²) in [5.41, 5.74) is 2.45. The first kappa shape index (κ1) is 23.4. The first-order valence-electron chi connectivity index (χ1n) is 10.6. The van der Waals surface area contributed by atoms with Gasteiger partial charge in [0.25, 0.3) is 6.47 Å². The molecular weight excluding hydrogens is 416 g/mol. The molecule has 2 aliphatic rings. The molecule has 0 unspecified atom stereocenters. The minimum Gasteiger partial charge on any atom is -0.483 e. The molecule has 172 valence electrons. The molecule has 10 heteroatoms. The predicted molar refractivity (Wildman–Crippen MR) is 112 cm³/mol. The highest BCUT2D eigenvalue weighted by Gasteiger charge is 2.35. The van der Waals surface area contributed by atoms with Gasteiger partial charge >= 0.3 is 0 Å². The summed E-state index contributed by atoms with van der Waals surface area (Å²) in [7, 11) is 0. The van der Waals surface area contributed by atoms with Gasteiger partial charge in [-0.05, 0) is 43.2 Å². The van der Waals surface area contributed by atoms with Crippen molar-refractivity contribution < 1.29 is 29.1 Å². The zero-order valence-corrected chi connectivity index (χ0v) is 17.9. The van der Waals surface area contributed by atoms with Crippen LogP contribution in [0.3, 0.4) is 0 Å². The minimum absolute atomic E-state index is 0.0133. The van der Waals surface area contributed by atoms with Gasteiger partial charge in [-0.25, -0.2) is 0 Å². The van der Waals surface area contributed by atoms with Crippen LogP contribution in [0.4, 0.5) is 0 Å². The summed E-state index contributed by atoms with van der Waals surface area (Å²) in [6, 6.07) is 7.81. The van der Waals surface area contributed by atoms with Crippen molar-refractivity contribution in [3.63, 3.8) is 0 Å². The maximum Gasteiger partial charge on any atom is 0.290 e. The van der Waals surface area contributed by atoms with E-state index in [1.165, 1.54) is 11.1 Å². The standard InChI is InChI=1S/C21H26N4O4.CH2O2/c1-12-23-19(25-29-12)11-22-20(27)15-6-7-17(18(26)10-15)24-21(28)16-8-13-4-2-3-5-14(13)9-16;2-1-3/h2-5,15-18,26H,6-11H2,1H3,(H,22,27)(H,24,28);1H,(H,2,3)/t15-,17+,18+;/m0./s1. The van der Waals surface area contributed by atoms with Gasteiger partial charge in [0.15, 0.2) is 5.82 Å². The Morgan fingerprint density at radius 1 is 1.16 bits per heavy atom. The van der Waals surface area contributed by atoms with Crippen LogP contribution < -0.4 is 10.6 Å². The van der Waals surface area contributed by atoms with Crippen LogP contribution in [0, 0.1) is 18.8 Å². The molecular formula is C22H28N4O6. The van der Waals surface area contributed by atoms with Gasteiger partial charge in [0, 0.05) is 18.8 Å². The zero-order valence-electron chi connectivity index (χ0n) is 17.9. The highest BCUT2D eigenvalue weighted by Crippen LogP contribution is 2.29. The predicted octanol–water partition coefficient (Wildman–Crippen LogP) is 0.756. The molecule has 1 saturated carbocycles. The van der Waals surface area contributed by atoms with Crippen LogP contribution in [0.2, 0.25) is 0 Å². The summed E-state index contributed by atoms with van der Waals surface area (Å²) >= 11 is 0. The Balaban J connectivity index is 0.000000913. The van der Waals surface area contributed by atoms with Crippen molar-refractivity contribution in [3.8, 4) is 0 Å². The fraction of sp³-hybridized carbons (Fsp3) is 0.500. The number of carbonyl (C=O) groups is 3. The minimum atomic E-state index is -0.736. The van der Waals surface area contributed by atoms with Crippen LogP contribution in [0.5, 0.6) is 0 Å². The third kappa shape index (κ3) is 5.91. The van der Waals surface area contributed by atoms with E-state index in [0.29, 0.717) is 31.0 Å². The summed E-state index contributed by atoms with van der Waals surface area (Å²) in [6.07, 6.45) is 2.26. The molecule has 0 aliphatic heterocycles. The number of nitrogens with one attached hydrogen (secondary N) is 2. The van der Waals surface area contributed by atoms with E-state index in [1.807, 2.05) is 12.1 Å². The number of aliphatic hydroxyl groups excluding tert-OH is 1. The molecule has 1 fully saturated rings. The van der Waals surface area contributed by atoms with Gasteiger partial charge in [-0.2, -0.15) is 4.98 Å². The number of benzene rings is 1. The van der Waals surface area contributed by atoms with Gasteiger partial charge < -0.3 is 25.4 Å². The van der Waals surface area contributed by atoms with Crippen molar-refractivity contribution in [1.82, 2.24) is 20.8 Å². The molecule has 1 aromatic carbocycles. The Kier molecular flexibility index (Phi) is 7.93. The quantitative estimate of drug-likeness (QED) is 0.493. The summed E-state index contributed by atoms with van der Waals surface area (Å²) in [6.45, 7) is 1.64. The number of aromatic nitrogens is 2. The maximum atomic E-state index is 12.7. The Morgan fingerprint density at radius 3 is 2.38 bits per heavy atom. The van der Waals surface area contributed by atoms with Crippen molar-refractivity contribution in [2.45, 2.75) is 57.7 Å². The SMILES string of the molecule is Cc1nc(CNC(=O)[C@H]2CC[C@@H](NC(=O)C3Cc4ccccc4C3)[C@H](O)C2)no1.O=CO. The van der Waals surface area contributed by atoms with Crippen LogP contribution in [0.25, 0.3) is 0 Å². The molecule has 0 bridgehead atoms. The average molecular weight is 444 g/mol. The van der Waals surface area contributed by atoms with E-state index >= 15 is 0 Å². The van der Waals surface area contributed by atoms with Crippen LogP contribution in [0.15, 0.2) is 28.8 Å². The number of aliphatic hydroxyl groups is 1. The molecule has 4 rings (SSSR count). The van der Waals surface area contributed by atoms with E-state index in [2.05, 4.69) is 32.9 Å². The second-order valence-electron chi connectivity index (χ2n) is 8.12. The highest BCUT2D eigenvalue weighted by atomic mass is 16.5.